The monoisotopic (exact) mass is 329 g/mol. The number of fused-ring (bicyclic) bond motifs is 1. The molecule has 110 valence electrons. The number of amides is 1. The molecule has 1 aliphatic rings. The van der Waals surface area contributed by atoms with E-state index < -0.39 is 38.3 Å². The van der Waals surface area contributed by atoms with Crippen LogP contribution in [0.15, 0.2) is 23.1 Å². The van der Waals surface area contributed by atoms with Crippen LogP contribution < -0.4 is 9.64 Å². The van der Waals surface area contributed by atoms with Crippen LogP contribution in [0.2, 0.25) is 0 Å². The number of carbonyl (C=O) groups excluding carboxylic acids is 1. The van der Waals surface area contributed by atoms with Crippen molar-refractivity contribution in [3.8, 4) is 5.75 Å². The summed E-state index contributed by atoms with van der Waals surface area (Å²) in [6, 6.07) is 3.53. The summed E-state index contributed by atoms with van der Waals surface area (Å²) in [4.78, 5) is 11.1. The molecule has 5 nitrogen and oxygen atoms in total. The van der Waals surface area contributed by atoms with Gasteiger partial charge in [-0.3, -0.25) is 9.69 Å². The molecule has 0 spiro atoms. The summed E-state index contributed by atoms with van der Waals surface area (Å²) in [5.41, 5.74) is -0.490. The molecule has 0 fully saturated rings. The second-order valence-electron chi connectivity index (χ2n) is 3.84. The molecule has 0 aliphatic carbocycles. The molecule has 0 radical (unpaired) electrons. The molecule has 1 aromatic rings. The Morgan fingerprint density at radius 1 is 1.35 bits per heavy atom. The molecule has 1 aliphatic heterocycles. The zero-order chi connectivity index (χ0) is 15.1. The largest absolute Gasteiger partial charge is 0.489 e. The van der Waals surface area contributed by atoms with Gasteiger partial charge in [-0.2, -0.15) is 13.2 Å². The minimum Gasteiger partial charge on any atom is -0.489 e. The first-order chi connectivity index (χ1) is 9.12. The van der Waals surface area contributed by atoms with Crippen molar-refractivity contribution in [2.24, 2.45) is 0 Å². The summed E-state index contributed by atoms with van der Waals surface area (Å²) in [6.45, 7) is -0.602. The predicted octanol–water partition coefficient (Wildman–Crippen LogP) is 1.90. The maximum Gasteiger partial charge on any atom is 0.471 e. The van der Waals surface area contributed by atoms with Crippen LogP contribution >= 0.6 is 10.7 Å². The molecule has 0 unspecified atom stereocenters. The fourth-order valence-electron chi connectivity index (χ4n) is 1.80. The molecular weight excluding hydrogens is 323 g/mol. The standard InChI is InChI=1S/C10H7ClF3NO4S/c11-20(17,18)7-3-1-2-6-8(7)15(4-5-19-6)9(16)10(12,13)14/h1-3H,4-5H2. The average molecular weight is 330 g/mol. The minimum atomic E-state index is -5.13. The number of hydrogen-bond acceptors (Lipinski definition) is 4. The fourth-order valence-corrected chi connectivity index (χ4v) is 2.85. The second-order valence-corrected chi connectivity index (χ2v) is 6.38. The summed E-state index contributed by atoms with van der Waals surface area (Å²) >= 11 is 0. The van der Waals surface area contributed by atoms with E-state index in [9.17, 15) is 26.4 Å². The van der Waals surface area contributed by atoms with Crippen molar-refractivity contribution in [3.63, 3.8) is 0 Å². The topological polar surface area (TPSA) is 63.7 Å². The highest BCUT2D eigenvalue weighted by atomic mass is 35.7. The molecule has 0 saturated heterocycles. The fraction of sp³-hybridized carbons (Fsp3) is 0.300. The number of ether oxygens (including phenoxy) is 1. The van der Waals surface area contributed by atoms with E-state index in [0.717, 1.165) is 6.07 Å². The highest BCUT2D eigenvalue weighted by Gasteiger charge is 2.45. The van der Waals surface area contributed by atoms with Gasteiger partial charge in [-0.25, -0.2) is 8.42 Å². The van der Waals surface area contributed by atoms with Crippen molar-refractivity contribution >= 4 is 31.3 Å². The Hall–Kier alpha value is -1.48. The van der Waals surface area contributed by atoms with E-state index in [1.54, 1.807) is 0 Å². The molecule has 10 heteroatoms. The molecule has 20 heavy (non-hydrogen) atoms. The van der Waals surface area contributed by atoms with Gasteiger partial charge in [-0.15, -0.1) is 0 Å². The molecule has 0 aromatic heterocycles. The lowest BCUT2D eigenvalue weighted by atomic mass is 10.2. The maximum atomic E-state index is 12.5. The minimum absolute atomic E-state index is 0.143. The maximum absolute atomic E-state index is 12.5. The van der Waals surface area contributed by atoms with E-state index >= 15 is 0 Å². The van der Waals surface area contributed by atoms with Gasteiger partial charge in [0.2, 0.25) is 0 Å². The van der Waals surface area contributed by atoms with Gasteiger partial charge in [-0.1, -0.05) is 6.07 Å². The van der Waals surface area contributed by atoms with E-state index in [1.165, 1.54) is 12.1 Å². The average Bonchev–Trinajstić information content (AvgIpc) is 2.34. The SMILES string of the molecule is O=C(N1CCOc2cccc(S(=O)(=O)Cl)c21)C(F)(F)F. The first-order valence-electron chi connectivity index (χ1n) is 5.21. The van der Waals surface area contributed by atoms with Gasteiger partial charge in [0.05, 0.1) is 6.54 Å². The summed E-state index contributed by atoms with van der Waals surface area (Å²) in [6.07, 6.45) is -5.13. The highest BCUT2D eigenvalue weighted by Crippen LogP contribution is 2.40. The Morgan fingerprint density at radius 2 is 2.00 bits per heavy atom. The summed E-state index contributed by atoms with van der Waals surface area (Å²) < 4.78 is 65.5. The first-order valence-corrected chi connectivity index (χ1v) is 7.52. The number of carbonyl (C=O) groups is 1. The van der Waals surface area contributed by atoms with E-state index in [2.05, 4.69) is 0 Å². The van der Waals surface area contributed by atoms with Crippen molar-refractivity contribution in [1.82, 2.24) is 0 Å². The van der Waals surface area contributed by atoms with Crippen LogP contribution in [0.4, 0.5) is 18.9 Å². The molecular formula is C10H7ClF3NO4S. The molecule has 1 heterocycles. The number of benzene rings is 1. The van der Waals surface area contributed by atoms with Crippen LogP contribution in [0, 0.1) is 0 Å². The zero-order valence-electron chi connectivity index (χ0n) is 9.65. The van der Waals surface area contributed by atoms with Crippen molar-refractivity contribution in [3.05, 3.63) is 18.2 Å². The molecule has 0 bridgehead atoms. The van der Waals surface area contributed by atoms with Crippen LogP contribution in [-0.4, -0.2) is 33.7 Å². The van der Waals surface area contributed by atoms with Gasteiger partial charge in [0.15, 0.2) is 0 Å². The van der Waals surface area contributed by atoms with Crippen LogP contribution in [-0.2, 0) is 13.8 Å². The molecule has 1 amide bonds. The molecule has 0 N–H and O–H groups in total. The van der Waals surface area contributed by atoms with Gasteiger partial charge in [0.25, 0.3) is 9.05 Å². The summed E-state index contributed by atoms with van der Waals surface area (Å²) in [5, 5.41) is 0. The lowest BCUT2D eigenvalue weighted by Gasteiger charge is -2.31. The van der Waals surface area contributed by atoms with Gasteiger partial charge in [-0.05, 0) is 12.1 Å². The second kappa shape index (κ2) is 4.81. The Labute approximate surface area is 116 Å². The lowest BCUT2D eigenvalue weighted by molar-refractivity contribution is -0.170. The number of alkyl halides is 3. The molecule has 1 aromatic carbocycles. The first kappa shape index (κ1) is 14.9. The number of rotatable bonds is 1. The van der Waals surface area contributed by atoms with E-state index in [0.29, 0.717) is 4.90 Å². The van der Waals surface area contributed by atoms with Gasteiger partial charge in [0, 0.05) is 10.7 Å². The highest BCUT2D eigenvalue weighted by molar-refractivity contribution is 8.13. The Morgan fingerprint density at radius 3 is 2.55 bits per heavy atom. The third kappa shape index (κ3) is 2.68. The smallest absolute Gasteiger partial charge is 0.471 e. The third-order valence-electron chi connectivity index (χ3n) is 2.55. The van der Waals surface area contributed by atoms with Crippen molar-refractivity contribution in [1.29, 1.82) is 0 Å². The molecule has 2 rings (SSSR count). The number of nitrogens with zero attached hydrogens (tertiary/aromatic N) is 1. The quantitative estimate of drug-likeness (QED) is 0.738. The zero-order valence-corrected chi connectivity index (χ0v) is 11.2. The molecule has 0 atom stereocenters. The number of anilines is 1. The number of halogens is 4. The third-order valence-corrected chi connectivity index (χ3v) is 3.91. The number of hydrogen-bond donors (Lipinski definition) is 0. The Balaban J connectivity index is 2.63. The summed E-state index contributed by atoms with van der Waals surface area (Å²) in [5.74, 6) is -2.31. The van der Waals surface area contributed by atoms with Gasteiger partial charge < -0.3 is 4.74 Å². The normalized spacial score (nSPS) is 15.5. The van der Waals surface area contributed by atoms with Crippen LogP contribution in [0.25, 0.3) is 0 Å². The van der Waals surface area contributed by atoms with Crippen LogP contribution in [0.1, 0.15) is 0 Å². The van der Waals surface area contributed by atoms with Gasteiger partial charge >= 0.3 is 12.1 Å². The van der Waals surface area contributed by atoms with Crippen molar-refractivity contribution in [2.45, 2.75) is 11.1 Å². The van der Waals surface area contributed by atoms with E-state index in [4.69, 9.17) is 15.4 Å². The van der Waals surface area contributed by atoms with Gasteiger partial charge in [0.1, 0.15) is 22.9 Å². The van der Waals surface area contributed by atoms with E-state index in [1.807, 2.05) is 0 Å². The Bertz CT molecular complexity index is 659. The van der Waals surface area contributed by atoms with Crippen LogP contribution in [0.3, 0.4) is 0 Å². The van der Waals surface area contributed by atoms with E-state index in [-0.39, 0.29) is 12.4 Å². The van der Waals surface area contributed by atoms with Crippen LogP contribution in [0.5, 0.6) is 5.75 Å². The number of para-hydroxylation sites is 1. The predicted molar refractivity (Wildman–Crippen MR) is 63.4 cm³/mol. The Kier molecular flexibility index (Phi) is 3.59. The van der Waals surface area contributed by atoms with Crippen molar-refractivity contribution in [2.75, 3.05) is 18.1 Å². The van der Waals surface area contributed by atoms with Crippen molar-refractivity contribution < 1.29 is 31.1 Å². The lowest BCUT2D eigenvalue weighted by Crippen LogP contribution is -2.45. The molecule has 0 saturated carbocycles. The summed E-state index contributed by atoms with van der Waals surface area (Å²) in [7, 11) is 0.852.